The second-order valence-electron chi connectivity index (χ2n) is 16.3. The summed E-state index contributed by atoms with van der Waals surface area (Å²) in [7, 11) is 0. The predicted molar refractivity (Wildman–Crippen MR) is 261 cm³/mol. The molecule has 0 N–H and O–H groups in total. The number of hydrogen-bond donors (Lipinski definition) is 0. The molecular formula is C59H39N3. The van der Waals surface area contributed by atoms with E-state index >= 15 is 0 Å². The highest BCUT2D eigenvalue weighted by Gasteiger charge is 2.18. The summed E-state index contributed by atoms with van der Waals surface area (Å²) in [5, 5.41) is 12.8. The van der Waals surface area contributed by atoms with E-state index in [1.165, 1.54) is 70.6 Å². The van der Waals surface area contributed by atoms with Gasteiger partial charge in [0.05, 0.1) is 11.4 Å². The van der Waals surface area contributed by atoms with Gasteiger partial charge in [0.2, 0.25) is 0 Å². The lowest BCUT2D eigenvalue weighted by Gasteiger charge is -2.18. The van der Waals surface area contributed by atoms with Crippen LogP contribution in [-0.2, 0) is 0 Å². The third kappa shape index (κ3) is 6.26. The summed E-state index contributed by atoms with van der Waals surface area (Å²) in [5.41, 5.74) is 12.1. The number of pyridine rings is 1. The van der Waals surface area contributed by atoms with Gasteiger partial charge in [-0.3, -0.25) is 4.98 Å². The van der Waals surface area contributed by atoms with Crippen LogP contribution >= 0.6 is 0 Å². The third-order valence-electron chi connectivity index (χ3n) is 12.6. The standard InChI is InChI=1S/C59H39N3/c1-2-15-47-44(11-1)35-55(52-20-7-3-16-48(47)52)43-12-9-13-45(33-43)58-36-57(40-26-22-39(23-27-40)46-14-10-32-60-37-46)61-59(62-58)41-28-24-38(25-29-41)42-30-31-54-51-19-5-4-17-49(51)50-18-6-8-21-53(50)56(54)34-42/h1-8,10-11,13-37H,9,12H2. The normalized spacial score (nSPS) is 12.9. The fraction of sp³-hybridized carbons (Fsp3) is 0.0339. The summed E-state index contributed by atoms with van der Waals surface area (Å²) in [4.78, 5) is 14.9. The summed E-state index contributed by atoms with van der Waals surface area (Å²) < 4.78 is 0. The Hall–Kier alpha value is -8.01. The molecule has 0 saturated carbocycles. The molecular weight excluding hydrogens is 751 g/mol. The van der Waals surface area contributed by atoms with Gasteiger partial charge in [0.15, 0.2) is 5.82 Å². The Bertz CT molecular complexity index is 3570. The van der Waals surface area contributed by atoms with Crippen molar-refractivity contribution in [1.29, 1.82) is 0 Å². The summed E-state index contributed by atoms with van der Waals surface area (Å²) >= 11 is 0. The van der Waals surface area contributed by atoms with Crippen molar-refractivity contribution < 1.29 is 0 Å². The van der Waals surface area contributed by atoms with Gasteiger partial charge < -0.3 is 0 Å². The lowest BCUT2D eigenvalue weighted by atomic mass is 9.87. The minimum atomic E-state index is 0.703. The van der Waals surface area contributed by atoms with Crippen molar-refractivity contribution in [3.63, 3.8) is 0 Å². The molecule has 0 fully saturated rings. The summed E-state index contributed by atoms with van der Waals surface area (Å²) in [6.07, 6.45) is 10.3. The van der Waals surface area contributed by atoms with Crippen LogP contribution in [0.4, 0.5) is 0 Å². The Labute approximate surface area is 360 Å². The Morgan fingerprint density at radius 3 is 1.61 bits per heavy atom. The van der Waals surface area contributed by atoms with E-state index in [0.717, 1.165) is 57.6 Å². The van der Waals surface area contributed by atoms with E-state index in [1.807, 2.05) is 18.5 Å². The Morgan fingerprint density at radius 2 is 0.919 bits per heavy atom. The molecule has 2 aromatic heterocycles. The zero-order chi connectivity index (χ0) is 41.0. The average molecular weight is 790 g/mol. The first-order valence-electron chi connectivity index (χ1n) is 21.4. The van der Waals surface area contributed by atoms with Crippen molar-refractivity contribution in [2.24, 2.45) is 0 Å². The van der Waals surface area contributed by atoms with Crippen LogP contribution in [-0.4, -0.2) is 15.0 Å². The second-order valence-corrected chi connectivity index (χ2v) is 16.3. The van der Waals surface area contributed by atoms with Crippen LogP contribution < -0.4 is 0 Å². The molecule has 9 aromatic carbocycles. The van der Waals surface area contributed by atoms with E-state index in [0.29, 0.717) is 5.82 Å². The summed E-state index contributed by atoms with van der Waals surface area (Å²) in [6, 6.07) is 67.9. The van der Waals surface area contributed by atoms with E-state index in [2.05, 4.69) is 199 Å². The van der Waals surface area contributed by atoms with Crippen LogP contribution in [0.5, 0.6) is 0 Å². The number of allylic oxidation sites excluding steroid dienone is 4. The van der Waals surface area contributed by atoms with Crippen molar-refractivity contribution in [2.45, 2.75) is 12.8 Å². The molecule has 0 saturated heterocycles. The highest BCUT2D eigenvalue weighted by Crippen LogP contribution is 2.40. The molecule has 1 aliphatic rings. The zero-order valence-corrected chi connectivity index (χ0v) is 34.0. The molecule has 2 heterocycles. The molecule has 3 heteroatoms. The minimum absolute atomic E-state index is 0.703. The Balaban J connectivity index is 0.958. The van der Waals surface area contributed by atoms with Gasteiger partial charge >= 0.3 is 0 Å². The van der Waals surface area contributed by atoms with E-state index in [9.17, 15) is 0 Å². The maximum Gasteiger partial charge on any atom is 0.160 e. The fourth-order valence-electron chi connectivity index (χ4n) is 9.55. The van der Waals surface area contributed by atoms with Crippen molar-refractivity contribution in [2.75, 3.05) is 0 Å². The first kappa shape index (κ1) is 35.9. The minimum Gasteiger partial charge on any atom is -0.264 e. The van der Waals surface area contributed by atoms with Crippen LogP contribution in [0, 0.1) is 0 Å². The highest BCUT2D eigenvalue weighted by atomic mass is 14.9. The topological polar surface area (TPSA) is 38.7 Å². The van der Waals surface area contributed by atoms with Crippen molar-refractivity contribution >= 4 is 65.0 Å². The molecule has 290 valence electrons. The molecule has 1 aliphatic carbocycles. The third-order valence-corrected chi connectivity index (χ3v) is 12.6. The average Bonchev–Trinajstić information content (AvgIpc) is 3.36. The largest absolute Gasteiger partial charge is 0.264 e. The van der Waals surface area contributed by atoms with E-state index < -0.39 is 0 Å². The van der Waals surface area contributed by atoms with Crippen LogP contribution in [0.25, 0.3) is 110 Å². The van der Waals surface area contributed by atoms with Gasteiger partial charge in [0.25, 0.3) is 0 Å². The van der Waals surface area contributed by atoms with Gasteiger partial charge in [0.1, 0.15) is 0 Å². The molecule has 0 unspecified atom stereocenters. The summed E-state index contributed by atoms with van der Waals surface area (Å²) in [5.74, 6) is 0.703. The van der Waals surface area contributed by atoms with Gasteiger partial charge in [-0.2, -0.15) is 0 Å². The van der Waals surface area contributed by atoms with Gasteiger partial charge in [0, 0.05) is 23.5 Å². The first-order chi connectivity index (χ1) is 30.7. The zero-order valence-electron chi connectivity index (χ0n) is 34.0. The fourth-order valence-corrected chi connectivity index (χ4v) is 9.55. The van der Waals surface area contributed by atoms with Gasteiger partial charge in [-0.15, -0.1) is 0 Å². The number of rotatable bonds is 6. The van der Waals surface area contributed by atoms with E-state index in [-0.39, 0.29) is 0 Å². The number of fused-ring (bicyclic) bond motifs is 9. The first-order valence-corrected chi connectivity index (χ1v) is 21.4. The van der Waals surface area contributed by atoms with Gasteiger partial charge in [-0.1, -0.05) is 170 Å². The van der Waals surface area contributed by atoms with Gasteiger partial charge in [-0.05, 0) is 136 Å². The molecule has 3 nitrogen and oxygen atoms in total. The number of aromatic nitrogens is 3. The van der Waals surface area contributed by atoms with E-state index in [1.54, 1.807) is 0 Å². The number of hydrogen-bond acceptors (Lipinski definition) is 3. The lowest BCUT2D eigenvalue weighted by Crippen LogP contribution is -2.00. The molecule has 0 spiro atoms. The van der Waals surface area contributed by atoms with Crippen molar-refractivity contribution in [1.82, 2.24) is 15.0 Å². The molecule has 62 heavy (non-hydrogen) atoms. The van der Waals surface area contributed by atoms with Crippen molar-refractivity contribution in [3.05, 3.63) is 224 Å². The second kappa shape index (κ2) is 14.9. The smallest absolute Gasteiger partial charge is 0.160 e. The quantitative estimate of drug-likeness (QED) is 0.158. The molecule has 0 bridgehead atoms. The lowest BCUT2D eigenvalue weighted by molar-refractivity contribution is 1.05. The molecule has 0 amide bonds. The number of nitrogens with zero attached hydrogens (tertiary/aromatic N) is 3. The Kier molecular flexibility index (Phi) is 8.64. The monoisotopic (exact) mass is 789 g/mol. The Morgan fingerprint density at radius 1 is 0.371 bits per heavy atom. The van der Waals surface area contributed by atoms with E-state index in [4.69, 9.17) is 9.97 Å². The maximum atomic E-state index is 5.33. The van der Waals surface area contributed by atoms with Crippen LogP contribution in [0.3, 0.4) is 0 Å². The van der Waals surface area contributed by atoms with Crippen molar-refractivity contribution in [3.8, 4) is 44.9 Å². The van der Waals surface area contributed by atoms with Crippen LogP contribution in [0.15, 0.2) is 213 Å². The molecule has 0 atom stereocenters. The predicted octanol–water partition coefficient (Wildman–Crippen LogP) is 15.6. The highest BCUT2D eigenvalue weighted by molar-refractivity contribution is 6.25. The molecule has 0 aliphatic heterocycles. The molecule has 0 radical (unpaired) electrons. The summed E-state index contributed by atoms with van der Waals surface area (Å²) in [6.45, 7) is 0. The van der Waals surface area contributed by atoms with Crippen LogP contribution in [0.2, 0.25) is 0 Å². The van der Waals surface area contributed by atoms with Gasteiger partial charge in [-0.25, -0.2) is 9.97 Å². The van der Waals surface area contributed by atoms with Crippen LogP contribution in [0.1, 0.15) is 24.1 Å². The number of benzene rings is 9. The molecule has 11 aromatic rings. The SMILES string of the molecule is C1=C(c2cc(-c3ccc(-c4cccnc4)cc3)nc(-c3ccc(-c4ccc5c6ccccc6c6ccccc6c5c4)cc3)n2)C=C(c2cc3ccccc3c3ccccc23)CC1. The maximum absolute atomic E-state index is 5.33. The molecule has 12 rings (SSSR count).